The Morgan fingerprint density at radius 3 is 2.79 bits per heavy atom. The average molecular weight is 496 g/mol. The molecule has 4 rings (SSSR count). The number of amides is 1. The summed E-state index contributed by atoms with van der Waals surface area (Å²) in [5.41, 5.74) is 0.557. The van der Waals surface area contributed by atoms with Crippen molar-refractivity contribution < 1.29 is 9.32 Å². The maximum atomic E-state index is 12.7. The van der Waals surface area contributed by atoms with Crippen LogP contribution >= 0.6 is 38.9 Å². The highest BCUT2D eigenvalue weighted by atomic mass is 79.9. The van der Waals surface area contributed by atoms with E-state index >= 15 is 0 Å². The summed E-state index contributed by atoms with van der Waals surface area (Å²) in [4.78, 5) is 22.4. The summed E-state index contributed by atoms with van der Waals surface area (Å²) < 4.78 is 6.22. The predicted octanol–water partition coefficient (Wildman–Crippen LogP) is 4.60. The van der Waals surface area contributed by atoms with Crippen LogP contribution in [0.1, 0.15) is 22.7 Å². The predicted molar refractivity (Wildman–Crippen MR) is 117 cm³/mol. The van der Waals surface area contributed by atoms with E-state index in [1.54, 1.807) is 23.5 Å². The third kappa shape index (κ3) is 5.06. The first-order valence-corrected chi connectivity index (χ1v) is 11.5. The third-order valence-electron chi connectivity index (χ3n) is 4.90. The molecule has 1 aromatic carbocycles. The zero-order chi connectivity index (χ0) is 20.2. The van der Waals surface area contributed by atoms with Gasteiger partial charge in [-0.3, -0.25) is 9.69 Å². The van der Waals surface area contributed by atoms with Crippen LogP contribution < -0.4 is 0 Å². The summed E-state index contributed by atoms with van der Waals surface area (Å²) in [5, 5.41) is 6.53. The fourth-order valence-electron chi connectivity index (χ4n) is 3.32. The molecule has 2 aromatic heterocycles. The Kier molecular flexibility index (Phi) is 6.64. The van der Waals surface area contributed by atoms with E-state index in [2.05, 4.69) is 31.0 Å². The van der Waals surface area contributed by atoms with Crippen molar-refractivity contribution in [3.8, 4) is 10.7 Å². The van der Waals surface area contributed by atoms with Gasteiger partial charge in [-0.05, 0) is 42.6 Å². The van der Waals surface area contributed by atoms with Gasteiger partial charge in [0.15, 0.2) is 0 Å². The van der Waals surface area contributed by atoms with E-state index < -0.39 is 0 Å². The molecule has 152 valence electrons. The zero-order valence-corrected chi connectivity index (χ0v) is 18.8. The first kappa shape index (κ1) is 20.5. The summed E-state index contributed by atoms with van der Waals surface area (Å²) in [7, 11) is 0. The van der Waals surface area contributed by atoms with Crippen molar-refractivity contribution in [3.05, 3.63) is 56.7 Å². The Balaban J connectivity index is 1.22. The molecule has 0 aliphatic carbocycles. The molecule has 1 fully saturated rings. The van der Waals surface area contributed by atoms with Crippen molar-refractivity contribution in [2.75, 3.05) is 32.7 Å². The van der Waals surface area contributed by atoms with Crippen LogP contribution in [0, 0.1) is 0 Å². The van der Waals surface area contributed by atoms with Crippen molar-refractivity contribution >= 4 is 44.8 Å². The number of benzene rings is 1. The highest BCUT2D eigenvalue weighted by Gasteiger charge is 2.23. The zero-order valence-electron chi connectivity index (χ0n) is 15.7. The lowest BCUT2D eigenvalue weighted by atomic mass is 10.1. The summed E-state index contributed by atoms with van der Waals surface area (Å²) in [5.74, 6) is 1.33. The van der Waals surface area contributed by atoms with Crippen LogP contribution in [-0.4, -0.2) is 58.6 Å². The number of aromatic nitrogens is 2. The minimum absolute atomic E-state index is 0.00545. The molecule has 1 aliphatic heterocycles. The van der Waals surface area contributed by atoms with Gasteiger partial charge < -0.3 is 9.42 Å². The van der Waals surface area contributed by atoms with E-state index in [9.17, 15) is 4.79 Å². The Hall–Kier alpha value is -1.74. The van der Waals surface area contributed by atoms with Gasteiger partial charge in [0.1, 0.15) is 0 Å². The number of thiophene rings is 1. The summed E-state index contributed by atoms with van der Waals surface area (Å²) in [6.07, 6.45) is 1.70. The van der Waals surface area contributed by atoms with E-state index in [1.165, 1.54) is 0 Å². The van der Waals surface area contributed by atoms with E-state index in [-0.39, 0.29) is 5.91 Å². The maximum absolute atomic E-state index is 12.7. The number of carbonyl (C=O) groups is 1. The Labute approximate surface area is 186 Å². The Morgan fingerprint density at radius 2 is 2.07 bits per heavy atom. The minimum Gasteiger partial charge on any atom is -0.339 e. The lowest BCUT2D eigenvalue weighted by molar-refractivity contribution is 0.0635. The molecule has 3 aromatic rings. The minimum atomic E-state index is -0.00545. The van der Waals surface area contributed by atoms with Gasteiger partial charge in [-0.2, -0.15) is 4.98 Å². The summed E-state index contributed by atoms with van der Waals surface area (Å²) in [6, 6.07) is 9.34. The van der Waals surface area contributed by atoms with Crippen LogP contribution in [0.25, 0.3) is 10.7 Å². The lowest BCUT2D eigenvalue weighted by Crippen LogP contribution is -2.48. The normalized spacial score (nSPS) is 15.0. The number of nitrogens with zero attached hydrogens (tertiary/aromatic N) is 4. The molecular formula is C20H20BrClN4O2S. The van der Waals surface area contributed by atoms with Crippen LogP contribution in [0.15, 0.2) is 44.7 Å². The molecule has 1 aliphatic rings. The molecule has 6 nitrogen and oxygen atoms in total. The van der Waals surface area contributed by atoms with Gasteiger partial charge in [0.2, 0.25) is 11.7 Å². The smallest absolute Gasteiger partial charge is 0.255 e. The molecule has 1 amide bonds. The van der Waals surface area contributed by atoms with E-state index in [0.29, 0.717) is 35.4 Å². The van der Waals surface area contributed by atoms with Crippen molar-refractivity contribution in [2.45, 2.75) is 12.8 Å². The fraction of sp³-hybridized carbons (Fsp3) is 0.350. The summed E-state index contributed by atoms with van der Waals surface area (Å²) >= 11 is 11.2. The molecule has 0 saturated carbocycles. The van der Waals surface area contributed by atoms with Gasteiger partial charge in [-0.15, -0.1) is 11.3 Å². The summed E-state index contributed by atoms with van der Waals surface area (Å²) in [6.45, 7) is 4.05. The molecular weight excluding hydrogens is 476 g/mol. The second kappa shape index (κ2) is 9.38. The fourth-order valence-corrected chi connectivity index (χ4v) is 4.73. The molecule has 0 N–H and O–H groups in total. The van der Waals surface area contributed by atoms with Gasteiger partial charge in [0.05, 0.1) is 15.5 Å². The second-order valence-corrected chi connectivity index (χ2v) is 9.12. The molecule has 0 unspecified atom stereocenters. The molecule has 0 spiro atoms. The third-order valence-corrected chi connectivity index (χ3v) is 6.57. The number of rotatable bonds is 6. The first-order valence-electron chi connectivity index (χ1n) is 9.43. The molecule has 0 bridgehead atoms. The standard InChI is InChI=1S/C20H20BrClN4O2S/c21-14-5-6-15(16(22)13-14)20(27)26-10-8-25(9-11-26)7-1-4-18-23-19(24-28-18)17-3-2-12-29-17/h2-3,5-6,12-13H,1,4,7-11H2. The highest BCUT2D eigenvalue weighted by Crippen LogP contribution is 2.24. The number of carbonyl (C=O) groups excluding carboxylic acids is 1. The SMILES string of the molecule is O=C(c1ccc(Br)cc1Cl)N1CCN(CCCc2nc(-c3cccs3)no2)CC1. The van der Waals surface area contributed by atoms with Crippen LogP contribution in [0.3, 0.4) is 0 Å². The first-order chi connectivity index (χ1) is 14.1. The van der Waals surface area contributed by atoms with Gasteiger partial charge in [-0.1, -0.05) is 38.8 Å². The number of aryl methyl sites for hydroxylation is 1. The molecule has 9 heteroatoms. The van der Waals surface area contributed by atoms with Gasteiger partial charge in [-0.25, -0.2) is 0 Å². The Morgan fingerprint density at radius 1 is 1.24 bits per heavy atom. The van der Waals surface area contributed by atoms with Gasteiger partial charge >= 0.3 is 0 Å². The molecule has 0 atom stereocenters. The lowest BCUT2D eigenvalue weighted by Gasteiger charge is -2.34. The quantitative estimate of drug-likeness (QED) is 0.500. The van der Waals surface area contributed by atoms with Crippen molar-refractivity contribution in [1.82, 2.24) is 19.9 Å². The number of piperazine rings is 1. The van der Waals surface area contributed by atoms with E-state index in [1.807, 2.05) is 28.5 Å². The van der Waals surface area contributed by atoms with Crippen LogP contribution in [0.4, 0.5) is 0 Å². The van der Waals surface area contributed by atoms with Crippen molar-refractivity contribution in [1.29, 1.82) is 0 Å². The van der Waals surface area contributed by atoms with Crippen LogP contribution in [-0.2, 0) is 6.42 Å². The van der Waals surface area contributed by atoms with Gasteiger partial charge in [0.25, 0.3) is 5.91 Å². The topological polar surface area (TPSA) is 62.5 Å². The van der Waals surface area contributed by atoms with Crippen LogP contribution in [0.5, 0.6) is 0 Å². The highest BCUT2D eigenvalue weighted by molar-refractivity contribution is 9.10. The van der Waals surface area contributed by atoms with E-state index in [0.717, 1.165) is 41.8 Å². The number of hydrogen-bond acceptors (Lipinski definition) is 6. The Bertz CT molecular complexity index is 971. The maximum Gasteiger partial charge on any atom is 0.255 e. The van der Waals surface area contributed by atoms with E-state index in [4.69, 9.17) is 16.1 Å². The van der Waals surface area contributed by atoms with Crippen molar-refractivity contribution in [3.63, 3.8) is 0 Å². The van der Waals surface area contributed by atoms with Crippen molar-refractivity contribution in [2.24, 2.45) is 0 Å². The molecule has 1 saturated heterocycles. The average Bonchev–Trinajstić information content (AvgIpc) is 3.40. The number of halogens is 2. The second-order valence-electron chi connectivity index (χ2n) is 6.85. The molecule has 0 radical (unpaired) electrons. The van der Waals surface area contributed by atoms with Gasteiger partial charge in [0, 0.05) is 37.1 Å². The monoisotopic (exact) mass is 494 g/mol. The molecule has 29 heavy (non-hydrogen) atoms. The molecule has 3 heterocycles. The largest absolute Gasteiger partial charge is 0.339 e. The van der Waals surface area contributed by atoms with Crippen LogP contribution in [0.2, 0.25) is 5.02 Å². The number of hydrogen-bond donors (Lipinski definition) is 0.